The van der Waals surface area contributed by atoms with Gasteiger partial charge in [0.05, 0.1) is 6.61 Å². The third-order valence-corrected chi connectivity index (χ3v) is 3.11. The Morgan fingerprint density at radius 3 is 3.25 bits per heavy atom. The average molecular weight is 283 g/mol. The largest absolute Gasteiger partial charge is 0.368 e. The lowest BCUT2D eigenvalue weighted by Gasteiger charge is -2.21. The molecule has 3 rings (SSSR count). The number of hydrogen-bond donors (Lipinski definition) is 1. The van der Waals surface area contributed by atoms with Crippen LogP contribution in [0, 0.1) is 0 Å². The van der Waals surface area contributed by atoms with Crippen molar-refractivity contribution < 1.29 is 4.74 Å². The van der Waals surface area contributed by atoms with Gasteiger partial charge in [0.15, 0.2) is 11.5 Å². The van der Waals surface area contributed by atoms with Gasteiger partial charge in [0.25, 0.3) is 0 Å². The number of pyridine rings is 1. The normalized spacial score (nSPS) is 21.4. The average Bonchev–Trinajstić information content (AvgIpc) is 2.73. The van der Waals surface area contributed by atoms with Crippen LogP contribution in [-0.2, 0) is 4.74 Å². The molecule has 2 aromatic heterocycles. The fourth-order valence-electron chi connectivity index (χ4n) is 1.84. The summed E-state index contributed by atoms with van der Waals surface area (Å²) in [6.45, 7) is 2.41. The fourth-order valence-corrected chi connectivity index (χ4v) is 2.16. The van der Waals surface area contributed by atoms with Crippen LogP contribution in [0.3, 0.4) is 0 Å². The van der Waals surface area contributed by atoms with E-state index in [0.717, 1.165) is 35.6 Å². The van der Waals surface area contributed by atoms with E-state index in [1.54, 1.807) is 0 Å². The van der Waals surface area contributed by atoms with Gasteiger partial charge in [0.2, 0.25) is 0 Å². The molecule has 1 saturated heterocycles. The highest BCUT2D eigenvalue weighted by Crippen LogP contribution is 2.19. The molecule has 0 aromatic carbocycles. The molecular formula is C10H11BrN4O. The van der Waals surface area contributed by atoms with Gasteiger partial charge < -0.3 is 10.1 Å². The van der Waals surface area contributed by atoms with Crippen molar-refractivity contribution in [2.24, 2.45) is 0 Å². The van der Waals surface area contributed by atoms with Crippen LogP contribution in [0.4, 0.5) is 0 Å². The molecule has 0 spiro atoms. The lowest BCUT2D eigenvalue weighted by Crippen LogP contribution is -2.34. The number of nitrogens with one attached hydrogen (secondary N) is 1. The van der Waals surface area contributed by atoms with Crippen molar-refractivity contribution in [3.05, 3.63) is 28.6 Å². The summed E-state index contributed by atoms with van der Waals surface area (Å²) < 4.78 is 8.63. The smallest absolute Gasteiger partial charge is 0.167 e. The summed E-state index contributed by atoms with van der Waals surface area (Å²) in [6.07, 6.45) is 1.94. The summed E-state index contributed by atoms with van der Waals surface area (Å²) >= 11 is 3.41. The predicted molar refractivity (Wildman–Crippen MR) is 62.2 cm³/mol. The lowest BCUT2D eigenvalue weighted by molar-refractivity contribution is 0.0215. The van der Waals surface area contributed by atoms with E-state index >= 15 is 0 Å². The topological polar surface area (TPSA) is 51.5 Å². The highest BCUT2D eigenvalue weighted by atomic mass is 79.9. The summed E-state index contributed by atoms with van der Waals surface area (Å²) in [5.41, 5.74) is 0.832. The Balaban J connectivity index is 2.03. The molecule has 6 heteroatoms. The molecule has 0 radical (unpaired) electrons. The fraction of sp³-hybridized carbons (Fsp3) is 0.400. The zero-order valence-corrected chi connectivity index (χ0v) is 10.1. The molecule has 0 bridgehead atoms. The van der Waals surface area contributed by atoms with Crippen molar-refractivity contribution in [3.63, 3.8) is 0 Å². The monoisotopic (exact) mass is 282 g/mol. The van der Waals surface area contributed by atoms with E-state index in [4.69, 9.17) is 4.74 Å². The molecule has 5 nitrogen and oxygen atoms in total. The van der Waals surface area contributed by atoms with Crippen molar-refractivity contribution in [3.8, 4) is 0 Å². The highest BCUT2D eigenvalue weighted by Gasteiger charge is 2.21. The zero-order valence-electron chi connectivity index (χ0n) is 8.56. The molecule has 0 saturated carbocycles. The molecule has 1 aliphatic rings. The van der Waals surface area contributed by atoms with Gasteiger partial charge in [-0.05, 0) is 12.1 Å². The summed E-state index contributed by atoms with van der Waals surface area (Å²) in [4.78, 5) is 0. The first-order chi connectivity index (χ1) is 7.84. The maximum atomic E-state index is 5.66. The van der Waals surface area contributed by atoms with E-state index in [0.29, 0.717) is 0 Å². The standard InChI is InChI=1S/C10H11BrN4O/c11-7-1-3-15-9(5-7)13-14-10(15)8-6-12-2-4-16-8/h1,3,5,8,12H,2,4,6H2. The number of ether oxygens (including phenoxy) is 1. The summed E-state index contributed by atoms with van der Waals surface area (Å²) in [7, 11) is 0. The summed E-state index contributed by atoms with van der Waals surface area (Å²) in [5, 5.41) is 11.6. The van der Waals surface area contributed by atoms with Gasteiger partial charge in [-0.2, -0.15) is 0 Å². The van der Waals surface area contributed by atoms with E-state index in [-0.39, 0.29) is 6.10 Å². The van der Waals surface area contributed by atoms with Crippen molar-refractivity contribution in [1.29, 1.82) is 0 Å². The van der Waals surface area contributed by atoms with Gasteiger partial charge in [0.1, 0.15) is 6.10 Å². The van der Waals surface area contributed by atoms with E-state index in [1.807, 2.05) is 22.7 Å². The lowest BCUT2D eigenvalue weighted by atomic mass is 10.3. The van der Waals surface area contributed by atoms with Gasteiger partial charge in [-0.25, -0.2) is 0 Å². The predicted octanol–water partition coefficient (Wildman–Crippen LogP) is 1.15. The number of aromatic nitrogens is 3. The molecule has 0 amide bonds. The van der Waals surface area contributed by atoms with Crippen LogP contribution < -0.4 is 5.32 Å². The molecule has 3 heterocycles. The van der Waals surface area contributed by atoms with Crippen LogP contribution in [0.2, 0.25) is 0 Å². The number of fused-ring (bicyclic) bond motifs is 1. The van der Waals surface area contributed by atoms with Gasteiger partial charge in [-0.1, -0.05) is 15.9 Å². The van der Waals surface area contributed by atoms with E-state index in [2.05, 4.69) is 31.4 Å². The van der Waals surface area contributed by atoms with E-state index in [1.165, 1.54) is 0 Å². The molecule has 1 N–H and O–H groups in total. The van der Waals surface area contributed by atoms with Crippen molar-refractivity contribution in [1.82, 2.24) is 19.9 Å². The second-order valence-corrected chi connectivity index (χ2v) is 4.61. The molecule has 84 valence electrons. The van der Waals surface area contributed by atoms with Gasteiger partial charge in [0, 0.05) is 23.8 Å². The van der Waals surface area contributed by atoms with Crippen LogP contribution >= 0.6 is 15.9 Å². The van der Waals surface area contributed by atoms with Crippen LogP contribution in [0.25, 0.3) is 5.65 Å². The SMILES string of the molecule is Brc1ccn2c(C3CNCCO3)nnc2c1. The Hall–Kier alpha value is -0.980. The Kier molecular flexibility index (Phi) is 2.62. The summed E-state index contributed by atoms with van der Waals surface area (Å²) in [5.74, 6) is 0.856. The van der Waals surface area contributed by atoms with Crippen molar-refractivity contribution >= 4 is 21.6 Å². The molecule has 2 aromatic rings. The van der Waals surface area contributed by atoms with Gasteiger partial charge >= 0.3 is 0 Å². The molecule has 16 heavy (non-hydrogen) atoms. The summed E-state index contributed by atoms with van der Waals surface area (Å²) in [6, 6.07) is 3.91. The minimum Gasteiger partial charge on any atom is -0.368 e. The molecular weight excluding hydrogens is 272 g/mol. The molecule has 1 atom stereocenters. The Bertz CT molecular complexity index is 506. The van der Waals surface area contributed by atoms with Gasteiger partial charge in [-0.15, -0.1) is 10.2 Å². The maximum absolute atomic E-state index is 5.66. The first kappa shape index (κ1) is 10.2. The number of nitrogens with zero attached hydrogens (tertiary/aromatic N) is 3. The first-order valence-electron chi connectivity index (χ1n) is 5.17. The van der Waals surface area contributed by atoms with Crippen molar-refractivity contribution in [2.75, 3.05) is 19.7 Å². The van der Waals surface area contributed by atoms with Crippen LogP contribution in [0.15, 0.2) is 22.8 Å². The molecule has 1 unspecified atom stereocenters. The molecule has 0 aliphatic carbocycles. The van der Waals surface area contributed by atoms with Crippen LogP contribution in [0.5, 0.6) is 0 Å². The number of rotatable bonds is 1. The second-order valence-electron chi connectivity index (χ2n) is 3.69. The number of morpholine rings is 1. The Morgan fingerprint density at radius 2 is 2.44 bits per heavy atom. The highest BCUT2D eigenvalue weighted by molar-refractivity contribution is 9.10. The molecule has 1 fully saturated rings. The van der Waals surface area contributed by atoms with Crippen LogP contribution in [0.1, 0.15) is 11.9 Å². The number of hydrogen-bond acceptors (Lipinski definition) is 4. The maximum Gasteiger partial charge on any atom is 0.167 e. The Morgan fingerprint density at radius 1 is 1.50 bits per heavy atom. The third-order valence-electron chi connectivity index (χ3n) is 2.61. The quantitative estimate of drug-likeness (QED) is 0.853. The molecule has 1 aliphatic heterocycles. The second kappa shape index (κ2) is 4.12. The van der Waals surface area contributed by atoms with Crippen LogP contribution in [-0.4, -0.2) is 34.3 Å². The van der Waals surface area contributed by atoms with Gasteiger partial charge in [-0.3, -0.25) is 4.40 Å². The third kappa shape index (κ3) is 1.73. The number of halogens is 1. The minimum absolute atomic E-state index is 0.00933. The van der Waals surface area contributed by atoms with E-state index < -0.39 is 0 Å². The Labute approximate surface area is 101 Å². The first-order valence-corrected chi connectivity index (χ1v) is 5.96. The van der Waals surface area contributed by atoms with Crippen molar-refractivity contribution in [2.45, 2.75) is 6.10 Å². The van der Waals surface area contributed by atoms with E-state index in [9.17, 15) is 0 Å². The zero-order chi connectivity index (χ0) is 11.0. The minimum atomic E-state index is -0.00933.